The van der Waals surface area contributed by atoms with Crippen LogP contribution in [0.15, 0.2) is 30.3 Å². The van der Waals surface area contributed by atoms with E-state index in [1.165, 1.54) is 5.56 Å². The van der Waals surface area contributed by atoms with E-state index in [-0.39, 0.29) is 0 Å². The normalized spacial score (nSPS) is 14.4. The maximum atomic E-state index is 10.9. The molecule has 3 N–H and O–H groups in total. The van der Waals surface area contributed by atoms with Crippen LogP contribution < -0.4 is 5.73 Å². The second kappa shape index (κ2) is 6.52. The van der Waals surface area contributed by atoms with Gasteiger partial charge in [-0.2, -0.15) is 0 Å². The van der Waals surface area contributed by atoms with E-state index >= 15 is 0 Å². The lowest BCUT2D eigenvalue weighted by atomic mass is 9.99. The smallest absolute Gasteiger partial charge is 0.323 e. The molecule has 0 aliphatic heterocycles. The molecule has 18 heavy (non-hydrogen) atoms. The lowest BCUT2D eigenvalue weighted by Crippen LogP contribution is -2.47. The highest BCUT2D eigenvalue weighted by atomic mass is 16.4. The van der Waals surface area contributed by atoms with E-state index in [0.717, 1.165) is 13.0 Å². The SMILES string of the molecule is CN(CCc1ccccc1)CCC(C)(N)C(=O)O. The molecule has 0 saturated carbocycles. The fourth-order valence-electron chi connectivity index (χ4n) is 1.61. The van der Waals surface area contributed by atoms with Crippen LogP contribution in [0.25, 0.3) is 0 Å². The standard InChI is InChI=1S/C14H22N2O2/c1-14(15,13(17)18)9-11-16(2)10-8-12-6-4-3-5-7-12/h3-7H,8-11,15H2,1-2H3,(H,17,18). The number of carboxylic acids is 1. The van der Waals surface area contributed by atoms with Crippen molar-refractivity contribution in [3.05, 3.63) is 35.9 Å². The number of likely N-dealkylation sites (N-methyl/N-ethyl adjacent to an activating group) is 1. The molecule has 0 heterocycles. The summed E-state index contributed by atoms with van der Waals surface area (Å²) in [7, 11) is 1.99. The first-order valence-electron chi connectivity index (χ1n) is 6.16. The number of carboxylic acid groups (broad SMARTS) is 1. The molecule has 1 aromatic rings. The van der Waals surface area contributed by atoms with Gasteiger partial charge in [0, 0.05) is 13.1 Å². The van der Waals surface area contributed by atoms with Crippen molar-refractivity contribution >= 4 is 5.97 Å². The summed E-state index contributed by atoms with van der Waals surface area (Å²) in [6, 6.07) is 10.2. The largest absolute Gasteiger partial charge is 0.480 e. The lowest BCUT2D eigenvalue weighted by Gasteiger charge is -2.23. The van der Waals surface area contributed by atoms with Crippen molar-refractivity contribution in [1.29, 1.82) is 0 Å². The number of hydrogen-bond donors (Lipinski definition) is 2. The Bertz CT molecular complexity index is 377. The van der Waals surface area contributed by atoms with Gasteiger partial charge in [0.25, 0.3) is 0 Å². The van der Waals surface area contributed by atoms with Crippen LogP contribution in [-0.2, 0) is 11.2 Å². The highest BCUT2D eigenvalue weighted by Gasteiger charge is 2.27. The van der Waals surface area contributed by atoms with Gasteiger partial charge >= 0.3 is 5.97 Å². The predicted molar refractivity (Wildman–Crippen MR) is 72.5 cm³/mol. The summed E-state index contributed by atoms with van der Waals surface area (Å²) in [5.41, 5.74) is 5.84. The third-order valence-corrected chi connectivity index (χ3v) is 3.13. The average Bonchev–Trinajstić information content (AvgIpc) is 2.35. The predicted octanol–water partition coefficient (Wildman–Crippen LogP) is 1.35. The van der Waals surface area contributed by atoms with Crippen molar-refractivity contribution in [1.82, 2.24) is 4.90 Å². The van der Waals surface area contributed by atoms with E-state index in [0.29, 0.717) is 13.0 Å². The molecule has 0 saturated heterocycles. The molecular weight excluding hydrogens is 228 g/mol. The minimum atomic E-state index is -1.14. The summed E-state index contributed by atoms with van der Waals surface area (Å²) in [4.78, 5) is 13.0. The van der Waals surface area contributed by atoms with Crippen molar-refractivity contribution in [3.8, 4) is 0 Å². The Morgan fingerprint density at radius 3 is 2.50 bits per heavy atom. The first-order chi connectivity index (χ1) is 8.42. The summed E-state index contributed by atoms with van der Waals surface area (Å²) < 4.78 is 0. The molecule has 0 amide bonds. The van der Waals surface area contributed by atoms with Crippen molar-refractivity contribution in [2.75, 3.05) is 20.1 Å². The monoisotopic (exact) mass is 250 g/mol. The fourth-order valence-corrected chi connectivity index (χ4v) is 1.61. The van der Waals surface area contributed by atoms with Crippen molar-refractivity contribution in [2.24, 2.45) is 5.73 Å². The van der Waals surface area contributed by atoms with Gasteiger partial charge in [-0.3, -0.25) is 4.79 Å². The van der Waals surface area contributed by atoms with Gasteiger partial charge < -0.3 is 15.7 Å². The molecule has 0 aliphatic rings. The Morgan fingerprint density at radius 2 is 1.94 bits per heavy atom. The first-order valence-corrected chi connectivity index (χ1v) is 6.16. The topological polar surface area (TPSA) is 66.6 Å². The summed E-state index contributed by atoms with van der Waals surface area (Å²) in [6.07, 6.45) is 1.42. The summed E-state index contributed by atoms with van der Waals surface area (Å²) >= 11 is 0. The Morgan fingerprint density at radius 1 is 1.33 bits per heavy atom. The van der Waals surface area contributed by atoms with E-state index < -0.39 is 11.5 Å². The molecule has 100 valence electrons. The van der Waals surface area contributed by atoms with Crippen LogP contribution in [0.4, 0.5) is 0 Å². The maximum absolute atomic E-state index is 10.9. The van der Waals surface area contributed by atoms with E-state index in [1.807, 2.05) is 25.2 Å². The van der Waals surface area contributed by atoms with Gasteiger partial charge in [-0.15, -0.1) is 0 Å². The Hall–Kier alpha value is -1.39. The summed E-state index contributed by atoms with van der Waals surface area (Å²) in [6.45, 7) is 3.15. The molecule has 0 aromatic heterocycles. The van der Waals surface area contributed by atoms with Gasteiger partial charge in [0.05, 0.1) is 0 Å². The van der Waals surface area contributed by atoms with Crippen LogP contribution in [0.5, 0.6) is 0 Å². The number of nitrogens with two attached hydrogens (primary N) is 1. The van der Waals surface area contributed by atoms with Crippen LogP contribution in [0, 0.1) is 0 Å². The van der Waals surface area contributed by atoms with E-state index in [4.69, 9.17) is 10.8 Å². The third kappa shape index (κ3) is 4.85. The molecule has 0 bridgehead atoms. The minimum absolute atomic E-state index is 0.452. The average molecular weight is 250 g/mol. The highest BCUT2D eigenvalue weighted by molar-refractivity contribution is 5.77. The van der Waals surface area contributed by atoms with E-state index in [1.54, 1.807) is 6.92 Å². The lowest BCUT2D eigenvalue weighted by molar-refractivity contribution is -0.143. The van der Waals surface area contributed by atoms with Gasteiger partial charge in [0.15, 0.2) is 0 Å². The second-order valence-corrected chi connectivity index (χ2v) is 5.01. The highest BCUT2D eigenvalue weighted by Crippen LogP contribution is 2.07. The second-order valence-electron chi connectivity index (χ2n) is 5.01. The molecule has 0 aliphatic carbocycles. The van der Waals surface area contributed by atoms with Crippen LogP contribution in [-0.4, -0.2) is 41.7 Å². The molecular formula is C14H22N2O2. The zero-order valence-electron chi connectivity index (χ0n) is 11.1. The van der Waals surface area contributed by atoms with Crippen LogP contribution >= 0.6 is 0 Å². The van der Waals surface area contributed by atoms with Crippen molar-refractivity contribution in [3.63, 3.8) is 0 Å². The molecule has 1 rings (SSSR count). The Balaban J connectivity index is 2.30. The van der Waals surface area contributed by atoms with Crippen LogP contribution in [0.3, 0.4) is 0 Å². The Kier molecular flexibility index (Phi) is 5.31. The number of benzene rings is 1. The Labute approximate surface area is 108 Å². The summed E-state index contributed by atoms with van der Waals surface area (Å²) in [5, 5.41) is 8.92. The number of nitrogens with zero attached hydrogens (tertiary/aromatic N) is 1. The van der Waals surface area contributed by atoms with Crippen molar-refractivity contribution < 1.29 is 9.90 Å². The molecule has 0 fully saturated rings. The molecule has 4 nitrogen and oxygen atoms in total. The van der Waals surface area contributed by atoms with Gasteiger partial charge in [0.1, 0.15) is 5.54 Å². The van der Waals surface area contributed by atoms with Gasteiger partial charge in [-0.1, -0.05) is 30.3 Å². The number of rotatable bonds is 7. The zero-order chi connectivity index (χ0) is 13.6. The molecule has 0 spiro atoms. The van der Waals surface area contributed by atoms with Gasteiger partial charge in [-0.25, -0.2) is 0 Å². The molecule has 4 heteroatoms. The van der Waals surface area contributed by atoms with Gasteiger partial charge in [0.2, 0.25) is 0 Å². The van der Waals surface area contributed by atoms with Crippen LogP contribution in [0.2, 0.25) is 0 Å². The van der Waals surface area contributed by atoms with E-state index in [9.17, 15) is 4.79 Å². The maximum Gasteiger partial charge on any atom is 0.323 e. The molecule has 1 atom stereocenters. The quantitative estimate of drug-likeness (QED) is 0.766. The minimum Gasteiger partial charge on any atom is -0.480 e. The molecule has 0 radical (unpaired) electrons. The summed E-state index contributed by atoms with van der Waals surface area (Å²) in [5.74, 6) is -0.945. The number of carbonyl (C=O) groups is 1. The zero-order valence-corrected chi connectivity index (χ0v) is 11.1. The number of hydrogen-bond acceptors (Lipinski definition) is 3. The molecule has 1 aromatic carbocycles. The fraction of sp³-hybridized carbons (Fsp3) is 0.500. The molecule has 1 unspecified atom stereocenters. The third-order valence-electron chi connectivity index (χ3n) is 3.13. The van der Waals surface area contributed by atoms with Crippen LogP contribution in [0.1, 0.15) is 18.9 Å². The number of aliphatic carboxylic acids is 1. The first kappa shape index (κ1) is 14.7. The van der Waals surface area contributed by atoms with E-state index in [2.05, 4.69) is 17.0 Å². The van der Waals surface area contributed by atoms with Gasteiger partial charge in [-0.05, 0) is 32.4 Å². The van der Waals surface area contributed by atoms with Crippen molar-refractivity contribution in [2.45, 2.75) is 25.3 Å².